The number of fused-ring (bicyclic) bond motifs is 1. The molecular formula is C16H19N3O4S. The van der Waals surface area contributed by atoms with E-state index >= 15 is 0 Å². The smallest absolute Gasteiger partial charge is 0.242 e. The van der Waals surface area contributed by atoms with Gasteiger partial charge < -0.3 is 9.42 Å². The van der Waals surface area contributed by atoms with Crippen LogP contribution in [0.2, 0.25) is 0 Å². The first-order chi connectivity index (χ1) is 11.4. The number of aromatic nitrogens is 1. The quantitative estimate of drug-likeness (QED) is 0.824. The number of amides is 1. The van der Waals surface area contributed by atoms with Crippen LogP contribution in [-0.2, 0) is 34.2 Å². The second-order valence-corrected chi connectivity index (χ2v) is 8.03. The van der Waals surface area contributed by atoms with Gasteiger partial charge in [-0.2, -0.15) is 0 Å². The molecule has 0 spiro atoms. The maximum Gasteiger partial charge on any atom is 0.242 e. The Balaban J connectivity index is 1.83. The molecule has 8 heteroatoms. The number of carbonyl (C=O) groups is 1. The lowest BCUT2D eigenvalue weighted by Gasteiger charge is -2.30. The van der Waals surface area contributed by atoms with Gasteiger partial charge in [0.2, 0.25) is 15.9 Å². The van der Waals surface area contributed by atoms with E-state index in [1.54, 1.807) is 23.1 Å². The van der Waals surface area contributed by atoms with E-state index in [4.69, 9.17) is 4.52 Å². The first-order valence-electron chi connectivity index (χ1n) is 7.60. The molecule has 1 amide bonds. The molecule has 3 rings (SSSR count). The summed E-state index contributed by atoms with van der Waals surface area (Å²) in [5, 5.41) is 3.75. The van der Waals surface area contributed by atoms with Gasteiger partial charge in [0.05, 0.1) is 17.0 Å². The van der Waals surface area contributed by atoms with Gasteiger partial charge in [-0.15, -0.1) is 0 Å². The minimum Gasteiger partial charge on any atom is -0.364 e. The topological polar surface area (TPSA) is 83.7 Å². The standard InChI is InChI=1S/C16H19N3O4S/c1-18(2)24(21,22)15-5-3-4-12-11-19(8-6-14(12)15)16(20)10-13-7-9-23-17-13/h3-5,7,9H,6,8,10-11H2,1-2H3. The summed E-state index contributed by atoms with van der Waals surface area (Å²) < 4.78 is 30.9. The number of rotatable bonds is 4. The van der Waals surface area contributed by atoms with Gasteiger partial charge in [0, 0.05) is 33.3 Å². The van der Waals surface area contributed by atoms with E-state index in [1.165, 1.54) is 24.7 Å². The van der Waals surface area contributed by atoms with Crippen LogP contribution in [0.25, 0.3) is 0 Å². The largest absolute Gasteiger partial charge is 0.364 e. The Hall–Kier alpha value is -2.19. The van der Waals surface area contributed by atoms with Gasteiger partial charge in [-0.1, -0.05) is 17.3 Å². The Morgan fingerprint density at radius 1 is 1.33 bits per heavy atom. The van der Waals surface area contributed by atoms with Gasteiger partial charge in [0.15, 0.2) is 0 Å². The van der Waals surface area contributed by atoms with Crippen LogP contribution in [0.4, 0.5) is 0 Å². The van der Waals surface area contributed by atoms with Gasteiger partial charge in [-0.05, 0) is 23.6 Å². The van der Waals surface area contributed by atoms with Gasteiger partial charge in [0.1, 0.15) is 6.26 Å². The minimum atomic E-state index is -3.49. The average molecular weight is 349 g/mol. The number of sulfonamides is 1. The summed E-state index contributed by atoms with van der Waals surface area (Å²) in [4.78, 5) is 14.4. The molecule has 0 saturated heterocycles. The van der Waals surface area contributed by atoms with Crippen LogP contribution in [0, 0.1) is 0 Å². The van der Waals surface area contributed by atoms with Gasteiger partial charge in [-0.25, -0.2) is 12.7 Å². The molecule has 2 aromatic rings. The van der Waals surface area contributed by atoms with Crippen molar-refractivity contribution < 1.29 is 17.7 Å². The zero-order valence-corrected chi connectivity index (χ0v) is 14.4. The van der Waals surface area contributed by atoms with Crippen molar-refractivity contribution in [2.45, 2.75) is 24.3 Å². The Bertz CT molecular complexity index is 844. The first kappa shape index (κ1) is 16.7. The Kier molecular flexibility index (Phi) is 4.42. The van der Waals surface area contributed by atoms with Crippen LogP contribution in [0.1, 0.15) is 16.8 Å². The van der Waals surface area contributed by atoms with Crippen molar-refractivity contribution in [1.29, 1.82) is 0 Å². The van der Waals surface area contributed by atoms with E-state index < -0.39 is 10.0 Å². The summed E-state index contributed by atoms with van der Waals surface area (Å²) in [6.45, 7) is 0.895. The molecule has 0 radical (unpaired) electrons. The molecule has 0 fully saturated rings. The predicted octanol–water partition coefficient (Wildman–Crippen LogP) is 1.05. The molecule has 1 aliphatic heterocycles. The molecule has 24 heavy (non-hydrogen) atoms. The van der Waals surface area contributed by atoms with Crippen molar-refractivity contribution in [3.63, 3.8) is 0 Å². The summed E-state index contributed by atoms with van der Waals surface area (Å²) in [5.41, 5.74) is 2.27. The predicted molar refractivity (Wildman–Crippen MR) is 86.6 cm³/mol. The Labute approximate surface area is 140 Å². The van der Waals surface area contributed by atoms with Crippen LogP contribution < -0.4 is 0 Å². The summed E-state index contributed by atoms with van der Waals surface area (Å²) >= 11 is 0. The number of carbonyl (C=O) groups excluding carboxylic acids is 1. The van der Waals surface area contributed by atoms with Crippen LogP contribution in [-0.4, -0.2) is 49.3 Å². The van der Waals surface area contributed by atoms with E-state index in [9.17, 15) is 13.2 Å². The monoisotopic (exact) mass is 349 g/mol. The molecule has 7 nitrogen and oxygen atoms in total. The van der Waals surface area contributed by atoms with Crippen molar-refractivity contribution in [2.75, 3.05) is 20.6 Å². The second-order valence-electron chi connectivity index (χ2n) is 5.91. The molecule has 0 N–H and O–H groups in total. The third-order valence-electron chi connectivity index (χ3n) is 4.16. The fourth-order valence-corrected chi connectivity index (χ4v) is 4.01. The molecule has 1 aromatic carbocycles. The van der Waals surface area contributed by atoms with E-state index in [0.29, 0.717) is 30.1 Å². The molecule has 2 heterocycles. The third-order valence-corrected chi connectivity index (χ3v) is 6.06. The number of hydrogen-bond acceptors (Lipinski definition) is 5. The highest BCUT2D eigenvalue weighted by Gasteiger charge is 2.28. The highest BCUT2D eigenvalue weighted by atomic mass is 32.2. The molecule has 0 saturated carbocycles. The maximum atomic E-state index is 12.5. The molecular weight excluding hydrogens is 330 g/mol. The highest BCUT2D eigenvalue weighted by Crippen LogP contribution is 2.27. The van der Waals surface area contributed by atoms with Crippen LogP contribution in [0.3, 0.4) is 0 Å². The number of benzene rings is 1. The van der Waals surface area contributed by atoms with Gasteiger partial charge in [0.25, 0.3) is 0 Å². The van der Waals surface area contributed by atoms with Crippen molar-refractivity contribution in [2.24, 2.45) is 0 Å². The SMILES string of the molecule is CN(C)S(=O)(=O)c1cccc2c1CCN(C(=O)Cc1ccon1)C2. The van der Waals surface area contributed by atoms with Crippen molar-refractivity contribution in [1.82, 2.24) is 14.4 Å². The normalized spacial score (nSPS) is 14.7. The summed E-state index contributed by atoms with van der Waals surface area (Å²) in [6, 6.07) is 6.89. The summed E-state index contributed by atoms with van der Waals surface area (Å²) in [7, 11) is -0.451. The highest BCUT2D eigenvalue weighted by molar-refractivity contribution is 7.89. The zero-order valence-electron chi connectivity index (χ0n) is 13.6. The summed E-state index contributed by atoms with van der Waals surface area (Å²) in [5.74, 6) is -0.0459. The number of nitrogens with zero attached hydrogens (tertiary/aromatic N) is 3. The number of hydrogen-bond donors (Lipinski definition) is 0. The lowest BCUT2D eigenvalue weighted by molar-refractivity contribution is -0.131. The Morgan fingerprint density at radius 3 is 2.79 bits per heavy atom. The zero-order chi connectivity index (χ0) is 17.3. The molecule has 0 aliphatic carbocycles. The molecule has 0 bridgehead atoms. The van der Waals surface area contributed by atoms with Crippen LogP contribution in [0.15, 0.2) is 39.9 Å². The van der Waals surface area contributed by atoms with E-state index in [1.807, 2.05) is 6.07 Å². The average Bonchev–Trinajstić information content (AvgIpc) is 3.06. The molecule has 0 unspecified atom stereocenters. The van der Waals surface area contributed by atoms with Crippen molar-refractivity contribution in [3.05, 3.63) is 47.3 Å². The molecule has 128 valence electrons. The van der Waals surface area contributed by atoms with Crippen LogP contribution >= 0.6 is 0 Å². The molecule has 1 aliphatic rings. The van der Waals surface area contributed by atoms with Crippen LogP contribution in [0.5, 0.6) is 0 Å². The van der Waals surface area contributed by atoms with Gasteiger partial charge in [-0.3, -0.25) is 4.79 Å². The maximum absolute atomic E-state index is 12.5. The Morgan fingerprint density at radius 2 is 2.12 bits per heavy atom. The van der Waals surface area contributed by atoms with Crippen molar-refractivity contribution >= 4 is 15.9 Å². The van der Waals surface area contributed by atoms with E-state index in [2.05, 4.69) is 5.16 Å². The molecule has 0 atom stereocenters. The van der Waals surface area contributed by atoms with Gasteiger partial charge >= 0.3 is 0 Å². The fourth-order valence-electron chi connectivity index (χ4n) is 2.82. The van der Waals surface area contributed by atoms with E-state index in [-0.39, 0.29) is 12.3 Å². The van der Waals surface area contributed by atoms with E-state index in [0.717, 1.165) is 11.1 Å². The lowest BCUT2D eigenvalue weighted by atomic mass is 9.99. The first-order valence-corrected chi connectivity index (χ1v) is 9.04. The second kappa shape index (κ2) is 6.37. The minimum absolute atomic E-state index is 0.0459. The molecule has 1 aromatic heterocycles. The fraction of sp³-hybridized carbons (Fsp3) is 0.375. The third kappa shape index (κ3) is 3.07. The summed E-state index contributed by atoms with van der Waals surface area (Å²) in [6.07, 6.45) is 2.14. The lowest BCUT2D eigenvalue weighted by Crippen LogP contribution is -2.38. The van der Waals surface area contributed by atoms with Crippen molar-refractivity contribution in [3.8, 4) is 0 Å².